The minimum absolute atomic E-state index is 0.0104. The van der Waals surface area contributed by atoms with Gasteiger partial charge in [0.05, 0.1) is 6.42 Å². The molecule has 27 heavy (non-hydrogen) atoms. The van der Waals surface area contributed by atoms with E-state index in [0.717, 1.165) is 17.4 Å². The van der Waals surface area contributed by atoms with Crippen LogP contribution in [0, 0.1) is 0 Å². The van der Waals surface area contributed by atoms with Crippen LogP contribution in [0.5, 0.6) is 0 Å². The summed E-state index contributed by atoms with van der Waals surface area (Å²) in [6.07, 6.45) is 0.977. The Bertz CT molecular complexity index is 1070. The van der Waals surface area contributed by atoms with Gasteiger partial charge in [0.1, 0.15) is 5.69 Å². The lowest BCUT2D eigenvalue weighted by molar-refractivity contribution is -0.145. The van der Waals surface area contributed by atoms with E-state index < -0.39 is 5.97 Å². The van der Waals surface area contributed by atoms with Gasteiger partial charge in [-0.1, -0.05) is 53.6 Å². The highest BCUT2D eigenvalue weighted by atomic mass is 16.6. The van der Waals surface area contributed by atoms with Gasteiger partial charge in [0.2, 0.25) is 5.82 Å². The van der Waals surface area contributed by atoms with E-state index in [0.29, 0.717) is 17.1 Å². The SMILES string of the molecule is CCc1ccc(-c2noc(COC(=O)Cc3noc4ccccc34)n2)cc1. The van der Waals surface area contributed by atoms with E-state index in [1.54, 1.807) is 6.07 Å². The maximum absolute atomic E-state index is 12.1. The zero-order chi connectivity index (χ0) is 18.6. The molecule has 0 spiro atoms. The van der Waals surface area contributed by atoms with Crippen LogP contribution in [-0.4, -0.2) is 21.3 Å². The highest BCUT2D eigenvalue weighted by molar-refractivity contribution is 5.84. The maximum atomic E-state index is 12.1. The zero-order valence-corrected chi connectivity index (χ0v) is 14.7. The number of fused-ring (bicyclic) bond motifs is 1. The third-order valence-electron chi connectivity index (χ3n) is 4.21. The van der Waals surface area contributed by atoms with Crippen LogP contribution in [0.25, 0.3) is 22.4 Å². The zero-order valence-electron chi connectivity index (χ0n) is 14.7. The third-order valence-corrected chi connectivity index (χ3v) is 4.21. The fourth-order valence-corrected chi connectivity index (χ4v) is 2.72. The number of hydrogen-bond acceptors (Lipinski definition) is 7. The molecular weight excluding hydrogens is 346 g/mol. The van der Waals surface area contributed by atoms with Crippen molar-refractivity contribution in [2.24, 2.45) is 0 Å². The molecule has 136 valence electrons. The summed E-state index contributed by atoms with van der Waals surface area (Å²) in [6, 6.07) is 15.3. The molecule has 0 amide bonds. The maximum Gasteiger partial charge on any atom is 0.312 e. The van der Waals surface area contributed by atoms with Crippen LogP contribution in [0.3, 0.4) is 0 Å². The van der Waals surface area contributed by atoms with E-state index in [1.807, 2.05) is 42.5 Å². The predicted octanol–water partition coefficient (Wildman–Crippen LogP) is 3.73. The smallest absolute Gasteiger partial charge is 0.312 e. The predicted molar refractivity (Wildman–Crippen MR) is 96.6 cm³/mol. The van der Waals surface area contributed by atoms with Crippen LogP contribution in [0.4, 0.5) is 0 Å². The molecule has 0 fully saturated rings. The number of nitrogens with zero attached hydrogens (tertiary/aromatic N) is 3. The molecule has 0 atom stereocenters. The lowest BCUT2D eigenvalue weighted by Gasteiger charge is -2.00. The minimum atomic E-state index is -0.443. The number of hydrogen-bond donors (Lipinski definition) is 0. The summed E-state index contributed by atoms with van der Waals surface area (Å²) in [6.45, 7) is 2.01. The second-order valence-electron chi connectivity index (χ2n) is 6.03. The number of aryl methyl sites for hydroxylation is 1. The van der Waals surface area contributed by atoms with Gasteiger partial charge in [-0.25, -0.2) is 0 Å². The first kappa shape index (κ1) is 17.0. The summed E-state index contributed by atoms with van der Waals surface area (Å²) in [5.41, 5.74) is 3.26. The molecule has 2 heterocycles. The van der Waals surface area contributed by atoms with Gasteiger partial charge in [-0.3, -0.25) is 4.79 Å². The monoisotopic (exact) mass is 363 g/mol. The highest BCUT2D eigenvalue weighted by Gasteiger charge is 2.15. The molecule has 0 unspecified atom stereocenters. The molecule has 0 saturated carbocycles. The Hall–Kier alpha value is -3.48. The van der Waals surface area contributed by atoms with Crippen molar-refractivity contribution in [1.29, 1.82) is 0 Å². The summed E-state index contributed by atoms with van der Waals surface area (Å²) in [7, 11) is 0. The summed E-state index contributed by atoms with van der Waals surface area (Å²) in [4.78, 5) is 16.3. The number of carbonyl (C=O) groups excluding carboxylic acids is 1. The first-order chi connectivity index (χ1) is 13.2. The Morgan fingerprint density at radius 1 is 1.04 bits per heavy atom. The minimum Gasteiger partial charge on any atom is -0.455 e. The Kier molecular flexibility index (Phi) is 4.65. The number of ether oxygens (including phenoxy) is 1. The molecular formula is C20H17N3O4. The molecule has 0 saturated heterocycles. The second kappa shape index (κ2) is 7.41. The van der Waals surface area contributed by atoms with E-state index >= 15 is 0 Å². The van der Waals surface area contributed by atoms with Crippen molar-refractivity contribution in [3.05, 3.63) is 65.7 Å². The molecule has 4 aromatic rings. The summed E-state index contributed by atoms with van der Waals surface area (Å²) in [5, 5.41) is 8.65. The first-order valence-electron chi connectivity index (χ1n) is 8.63. The van der Waals surface area contributed by atoms with Gasteiger partial charge in [-0.05, 0) is 24.1 Å². The summed E-state index contributed by atoms with van der Waals surface area (Å²) in [5.74, 6) is 0.259. The van der Waals surface area contributed by atoms with Crippen LogP contribution in [0.2, 0.25) is 0 Å². The normalized spacial score (nSPS) is 11.0. The van der Waals surface area contributed by atoms with Gasteiger partial charge in [0.15, 0.2) is 12.2 Å². The molecule has 7 nitrogen and oxygen atoms in total. The number of rotatable bonds is 6. The van der Waals surface area contributed by atoms with Crippen molar-refractivity contribution in [1.82, 2.24) is 15.3 Å². The van der Waals surface area contributed by atoms with Crippen LogP contribution < -0.4 is 0 Å². The number of esters is 1. The number of benzene rings is 2. The van der Waals surface area contributed by atoms with Crippen molar-refractivity contribution < 1.29 is 18.6 Å². The largest absolute Gasteiger partial charge is 0.455 e. The molecule has 0 bridgehead atoms. The molecule has 2 aromatic carbocycles. The highest BCUT2D eigenvalue weighted by Crippen LogP contribution is 2.19. The Morgan fingerprint density at radius 2 is 1.85 bits per heavy atom. The second-order valence-corrected chi connectivity index (χ2v) is 6.03. The Morgan fingerprint density at radius 3 is 2.67 bits per heavy atom. The van der Waals surface area contributed by atoms with E-state index in [4.69, 9.17) is 13.8 Å². The Labute approximate surface area is 154 Å². The van der Waals surface area contributed by atoms with E-state index in [1.165, 1.54) is 5.56 Å². The molecule has 7 heteroatoms. The van der Waals surface area contributed by atoms with Crippen molar-refractivity contribution in [3.63, 3.8) is 0 Å². The van der Waals surface area contributed by atoms with Crippen LogP contribution in [0.15, 0.2) is 57.6 Å². The van der Waals surface area contributed by atoms with Crippen molar-refractivity contribution in [2.45, 2.75) is 26.4 Å². The van der Waals surface area contributed by atoms with Crippen molar-refractivity contribution in [2.75, 3.05) is 0 Å². The van der Waals surface area contributed by atoms with Crippen LogP contribution in [-0.2, 0) is 29.0 Å². The third kappa shape index (κ3) is 3.72. The molecule has 0 aliphatic rings. The Balaban J connectivity index is 1.37. The van der Waals surface area contributed by atoms with Gasteiger partial charge < -0.3 is 13.8 Å². The average molecular weight is 363 g/mol. The van der Waals surface area contributed by atoms with Gasteiger partial charge in [0.25, 0.3) is 5.89 Å². The lowest BCUT2D eigenvalue weighted by atomic mass is 10.1. The molecule has 4 rings (SSSR count). The molecule has 2 aromatic heterocycles. The molecule has 0 radical (unpaired) electrons. The van der Waals surface area contributed by atoms with Gasteiger partial charge in [-0.2, -0.15) is 4.98 Å². The van der Waals surface area contributed by atoms with Gasteiger partial charge >= 0.3 is 5.97 Å². The van der Waals surface area contributed by atoms with E-state index in [9.17, 15) is 4.79 Å². The molecule has 0 aliphatic carbocycles. The van der Waals surface area contributed by atoms with Crippen LogP contribution in [0.1, 0.15) is 24.1 Å². The fraction of sp³-hybridized carbons (Fsp3) is 0.200. The first-order valence-corrected chi connectivity index (χ1v) is 8.63. The van der Waals surface area contributed by atoms with Gasteiger partial charge in [0, 0.05) is 10.9 Å². The topological polar surface area (TPSA) is 91.2 Å². The van der Waals surface area contributed by atoms with Gasteiger partial charge in [-0.15, -0.1) is 0 Å². The fourth-order valence-electron chi connectivity index (χ4n) is 2.72. The summed E-state index contributed by atoms with van der Waals surface area (Å²) >= 11 is 0. The molecule has 0 N–H and O–H groups in total. The number of para-hydroxylation sites is 1. The number of carbonyl (C=O) groups is 1. The van der Waals surface area contributed by atoms with Crippen molar-refractivity contribution in [3.8, 4) is 11.4 Å². The average Bonchev–Trinajstić information content (AvgIpc) is 3.34. The molecule has 0 aliphatic heterocycles. The standard InChI is InChI=1S/C20H17N3O4/c1-2-13-7-9-14(10-8-13)20-21-18(27-23-20)12-25-19(24)11-16-15-5-3-4-6-17(15)26-22-16/h3-10H,2,11-12H2,1H3. The number of aromatic nitrogens is 3. The lowest BCUT2D eigenvalue weighted by Crippen LogP contribution is -2.08. The van der Waals surface area contributed by atoms with E-state index in [-0.39, 0.29) is 18.9 Å². The van der Waals surface area contributed by atoms with E-state index in [2.05, 4.69) is 22.2 Å². The van der Waals surface area contributed by atoms with Crippen molar-refractivity contribution >= 4 is 16.9 Å². The quantitative estimate of drug-likeness (QED) is 0.482. The van der Waals surface area contributed by atoms with Crippen LogP contribution >= 0.6 is 0 Å². The summed E-state index contributed by atoms with van der Waals surface area (Å²) < 4.78 is 15.6.